The first kappa shape index (κ1) is 20.8. The Morgan fingerprint density at radius 2 is 1.79 bits per heavy atom. The van der Waals surface area contributed by atoms with Crippen LogP contribution in [0.2, 0.25) is 5.02 Å². The van der Waals surface area contributed by atoms with Gasteiger partial charge in [0.2, 0.25) is 0 Å². The number of rotatable bonds is 5. The second kappa shape index (κ2) is 9.49. The van der Waals surface area contributed by atoms with Gasteiger partial charge in [-0.25, -0.2) is 10.2 Å². The molecular formula is C22H16BrClN2O3. The van der Waals surface area contributed by atoms with Gasteiger partial charge in [0, 0.05) is 20.6 Å². The van der Waals surface area contributed by atoms with E-state index in [1.807, 2.05) is 13.0 Å². The summed E-state index contributed by atoms with van der Waals surface area (Å²) in [5.41, 5.74) is 4.74. The highest BCUT2D eigenvalue weighted by Crippen LogP contribution is 2.22. The zero-order valence-electron chi connectivity index (χ0n) is 15.4. The highest BCUT2D eigenvalue weighted by Gasteiger charge is 2.12. The number of nitrogens with one attached hydrogen (secondary N) is 1. The molecule has 0 bridgehead atoms. The molecule has 0 aliphatic carbocycles. The Labute approximate surface area is 181 Å². The SMILES string of the molecule is Cc1cccc(C(=O)Oc2ccc(Cl)cc2/C=N/NC(=O)c2ccc(Br)cc2)c1. The van der Waals surface area contributed by atoms with E-state index in [1.165, 1.54) is 6.21 Å². The lowest BCUT2D eigenvalue weighted by Gasteiger charge is -2.08. The van der Waals surface area contributed by atoms with Crippen LogP contribution >= 0.6 is 27.5 Å². The summed E-state index contributed by atoms with van der Waals surface area (Å²) in [5.74, 6) is -0.582. The Morgan fingerprint density at radius 3 is 2.52 bits per heavy atom. The number of carbonyl (C=O) groups is 2. The molecule has 0 aliphatic heterocycles. The summed E-state index contributed by atoms with van der Waals surface area (Å²) in [5, 5.41) is 4.40. The molecule has 7 heteroatoms. The molecule has 1 N–H and O–H groups in total. The Bertz CT molecular complexity index is 1080. The summed E-state index contributed by atoms with van der Waals surface area (Å²) in [6.07, 6.45) is 1.38. The largest absolute Gasteiger partial charge is 0.422 e. The van der Waals surface area contributed by atoms with E-state index >= 15 is 0 Å². The zero-order valence-corrected chi connectivity index (χ0v) is 17.7. The molecule has 0 saturated heterocycles. The highest BCUT2D eigenvalue weighted by molar-refractivity contribution is 9.10. The van der Waals surface area contributed by atoms with Gasteiger partial charge < -0.3 is 4.74 Å². The van der Waals surface area contributed by atoms with Crippen molar-refractivity contribution in [1.29, 1.82) is 0 Å². The van der Waals surface area contributed by atoms with E-state index in [0.717, 1.165) is 10.0 Å². The Kier molecular flexibility index (Phi) is 6.80. The summed E-state index contributed by atoms with van der Waals surface area (Å²) in [7, 11) is 0. The van der Waals surface area contributed by atoms with Crippen LogP contribution in [0, 0.1) is 6.92 Å². The number of esters is 1. The number of amides is 1. The minimum Gasteiger partial charge on any atom is -0.422 e. The van der Waals surface area contributed by atoms with E-state index in [-0.39, 0.29) is 11.7 Å². The monoisotopic (exact) mass is 470 g/mol. The maximum atomic E-state index is 12.4. The van der Waals surface area contributed by atoms with E-state index in [0.29, 0.717) is 21.7 Å². The minimum atomic E-state index is -0.496. The third-order valence-electron chi connectivity index (χ3n) is 3.90. The first-order valence-electron chi connectivity index (χ1n) is 8.60. The molecule has 0 radical (unpaired) electrons. The van der Waals surface area contributed by atoms with Gasteiger partial charge in [0.1, 0.15) is 5.75 Å². The first-order valence-corrected chi connectivity index (χ1v) is 9.77. The summed E-state index contributed by atoms with van der Waals surface area (Å²) in [4.78, 5) is 24.6. The van der Waals surface area contributed by atoms with Crippen molar-refractivity contribution in [2.45, 2.75) is 6.92 Å². The quantitative estimate of drug-likeness (QED) is 0.235. The van der Waals surface area contributed by atoms with Crippen LogP contribution in [0.1, 0.15) is 31.8 Å². The average molecular weight is 472 g/mol. The van der Waals surface area contributed by atoms with Crippen LogP contribution in [0.4, 0.5) is 0 Å². The average Bonchev–Trinajstić information content (AvgIpc) is 2.70. The van der Waals surface area contributed by atoms with E-state index in [2.05, 4.69) is 26.5 Å². The number of ether oxygens (including phenoxy) is 1. The molecule has 3 aromatic carbocycles. The molecule has 146 valence electrons. The number of benzene rings is 3. The number of hydrogen-bond acceptors (Lipinski definition) is 4. The van der Waals surface area contributed by atoms with Gasteiger partial charge in [-0.15, -0.1) is 0 Å². The number of hydrogen-bond donors (Lipinski definition) is 1. The number of nitrogens with zero attached hydrogens (tertiary/aromatic N) is 1. The molecule has 0 unspecified atom stereocenters. The molecule has 0 saturated carbocycles. The molecule has 5 nitrogen and oxygen atoms in total. The van der Waals surface area contributed by atoms with Crippen molar-refractivity contribution in [3.63, 3.8) is 0 Å². The predicted molar refractivity (Wildman–Crippen MR) is 117 cm³/mol. The van der Waals surface area contributed by atoms with Gasteiger partial charge in [0.25, 0.3) is 5.91 Å². The summed E-state index contributed by atoms with van der Waals surface area (Å²) >= 11 is 9.37. The van der Waals surface area contributed by atoms with Crippen LogP contribution in [-0.4, -0.2) is 18.1 Å². The summed E-state index contributed by atoms with van der Waals surface area (Å²) in [6.45, 7) is 1.89. The molecule has 0 fully saturated rings. The Balaban J connectivity index is 1.74. The van der Waals surface area contributed by atoms with Crippen molar-refractivity contribution in [2.75, 3.05) is 0 Å². The van der Waals surface area contributed by atoms with Gasteiger partial charge in [-0.1, -0.05) is 45.2 Å². The molecule has 0 aliphatic rings. The molecule has 3 aromatic rings. The van der Waals surface area contributed by atoms with Gasteiger partial charge >= 0.3 is 5.97 Å². The minimum absolute atomic E-state index is 0.280. The van der Waals surface area contributed by atoms with Crippen molar-refractivity contribution in [3.8, 4) is 5.75 Å². The Morgan fingerprint density at radius 1 is 1.03 bits per heavy atom. The third-order valence-corrected chi connectivity index (χ3v) is 4.67. The van der Waals surface area contributed by atoms with Crippen LogP contribution < -0.4 is 10.2 Å². The molecule has 0 aromatic heterocycles. The predicted octanol–water partition coefficient (Wildman–Crippen LogP) is 5.39. The second-order valence-electron chi connectivity index (χ2n) is 6.15. The highest BCUT2D eigenvalue weighted by atomic mass is 79.9. The zero-order chi connectivity index (χ0) is 20.8. The molecule has 0 atom stereocenters. The smallest absolute Gasteiger partial charge is 0.343 e. The van der Waals surface area contributed by atoms with Crippen molar-refractivity contribution in [2.24, 2.45) is 5.10 Å². The third kappa shape index (κ3) is 5.76. The molecule has 1 amide bonds. The van der Waals surface area contributed by atoms with E-state index in [9.17, 15) is 9.59 Å². The summed E-state index contributed by atoms with van der Waals surface area (Å²) in [6, 6.07) is 18.7. The van der Waals surface area contributed by atoms with Gasteiger partial charge in [-0.2, -0.15) is 5.10 Å². The van der Waals surface area contributed by atoms with Crippen molar-refractivity contribution >= 4 is 45.6 Å². The lowest BCUT2D eigenvalue weighted by molar-refractivity contribution is 0.0734. The lowest BCUT2D eigenvalue weighted by Crippen LogP contribution is -2.17. The van der Waals surface area contributed by atoms with Gasteiger partial charge in [-0.05, 0) is 61.5 Å². The van der Waals surface area contributed by atoms with E-state index in [1.54, 1.807) is 60.7 Å². The van der Waals surface area contributed by atoms with Crippen LogP contribution in [0.15, 0.2) is 76.3 Å². The van der Waals surface area contributed by atoms with Gasteiger partial charge in [0.15, 0.2) is 0 Å². The molecule has 3 rings (SSSR count). The second-order valence-corrected chi connectivity index (χ2v) is 7.50. The molecular weight excluding hydrogens is 456 g/mol. The van der Waals surface area contributed by atoms with Crippen LogP contribution in [-0.2, 0) is 0 Å². The maximum Gasteiger partial charge on any atom is 0.343 e. The standard InChI is InChI=1S/C22H16BrClN2O3/c1-14-3-2-4-16(11-14)22(28)29-20-10-9-19(24)12-17(20)13-25-26-21(27)15-5-7-18(23)8-6-15/h2-13H,1H3,(H,26,27)/b25-13+. The van der Waals surface area contributed by atoms with Crippen LogP contribution in [0.25, 0.3) is 0 Å². The fraction of sp³-hybridized carbons (Fsp3) is 0.0455. The molecule has 0 spiro atoms. The normalized spacial score (nSPS) is 10.7. The van der Waals surface area contributed by atoms with E-state index < -0.39 is 5.97 Å². The lowest BCUT2D eigenvalue weighted by atomic mass is 10.1. The maximum absolute atomic E-state index is 12.4. The molecule has 29 heavy (non-hydrogen) atoms. The summed E-state index contributed by atoms with van der Waals surface area (Å²) < 4.78 is 6.36. The van der Waals surface area contributed by atoms with Crippen molar-refractivity contribution < 1.29 is 14.3 Å². The number of aryl methyl sites for hydroxylation is 1. The molecule has 0 heterocycles. The topological polar surface area (TPSA) is 67.8 Å². The Hall–Kier alpha value is -2.96. The van der Waals surface area contributed by atoms with Crippen molar-refractivity contribution in [3.05, 3.63) is 98.5 Å². The van der Waals surface area contributed by atoms with Crippen LogP contribution in [0.5, 0.6) is 5.75 Å². The number of halogens is 2. The van der Waals surface area contributed by atoms with E-state index in [4.69, 9.17) is 16.3 Å². The fourth-order valence-corrected chi connectivity index (χ4v) is 2.92. The van der Waals surface area contributed by atoms with Gasteiger partial charge in [-0.3, -0.25) is 4.79 Å². The van der Waals surface area contributed by atoms with Gasteiger partial charge in [0.05, 0.1) is 11.8 Å². The fourth-order valence-electron chi connectivity index (χ4n) is 2.47. The van der Waals surface area contributed by atoms with Crippen molar-refractivity contribution in [1.82, 2.24) is 5.43 Å². The first-order chi connectivity index (χ1) is 13.9. The van der Waals surface area contributed by atoms with Crippen LogP contribution in [0.3, 0.4) is 0 Å². The number of hydrazone groups is 1. The number of carbonyl (C=O) groups excluding carboxylic acids is 2.